The number of hydrogen-bond donors (Lipinski definition) is 0. The van der Waals surface area contributed by atoms with Gasteiger partial charge in [-0.05, 0) is 63.7 Å². The fourth-order valence-corrected chi connectivity index (χ4v) is 9.19. The zero-order chi connectivity index (χ0) is 26.4. The highest BCUT2D eigenvalue weighted by Gasteiger charge is 2.82. The van der Waals surface area contributed by atoms with Gasteiger partial charge < -0.3 is 14.3 Å². The van der Waals surface area contributed by atoms with Gasteiger partial charge in [-0.1, -0.05) is 32.4 Å². The number of esters is 2. The van der Waals surface area contributed by atoms with Crippen LogP contribution in [0.15, 0.2) is 11.6 Å². The van der Waals surface area contributed by atoms with Crippen LogP contribution in [-0.4, -0.2) is 43.0 Å². The molecule has 4 aliphatic carbocycles. The quantitative estimate of drug-likeness (QED) is 0.258. The summed E-state index contributed by atoms with van der Waals surface area (Å²) < 4.78 is 11.0. The van der Waals surface area contributed by atoms with Crippen molar-refractivity contribution in [1.29, 1.82) is 0 Å². The molecule has 7 heteroatoms. The number of ketones is 2. The molecular weight excluding hydrogens is 448 g/mol. The van der Waals surface area contributed by atoms with Gasteiger partial charge in [0.25, 0.3) is 0 Å². The number of carbonyl (C=O) groups is 5. The van der Waals surface area contributed by atoms with E-state index in [1.165, 1.54) is 14.0 Å². The first-order valence-electron chi connectivity index (χ1n) is 12.6. The van der Waals surface area contributed by atoms with E-state index >= 15 is 0 Å². The predicted molar refractivity (Wildman–Crippen MR) is 127 cm³/mol. The van der Waals surface area contributed by atoms with Gasteiger partial charge in [-0.25, -0.2) is 0 Å². The summed E-state index contributed by atoms with van der Waals surface area (Å²) in [6, 6.07) is 0. The Morgan fingerprint density at radius 1 is 1.06 bits per heavy atom. The average molecular weight is 487 g/mol. The highest BCUT2D eigenvalue weighted by molar-refractivity contribution is 6.25. The Kier molecular flexibility index (Phi) is 5.59. The molecule has 7 nitrogen and oxygen atoms in total. The summed E-state index contributed by atoms with van der Waals surface area (Å²) in [5.74, 6) is -3.20. The molecular formula is C28H38O7. The van der Waals surface area contributed by atoms with Crippen LogP contribution < -0.4 is 0 Å². The van der Waals surface area contributed by atoms with E-state index in [0.717, 1.165) is 6.29 Å². The van der Waals surface area contributed by atoms with Crippen LogP contribution in [0.4, 0.5) is 0 Å². The van der Waals surface area contributed by atoms with Crippen LogP contribution in [0.2, 0.25) is 0 Å². The number of carbonyl (C=O) groups excluding carboxylic acids is 5. The average Bonchev–Trinajstić information content (AvgIpc) is 2.95. The molecule has 0 saturated heterocycles. The van der Waals surface area contributed by atoms with Gasteiger partial charge in [0.05, 0.1) is 18.4 Å². The van der Waals surface area contributed by atoms with Crippen LogP contribution in [0.3, 0.4) is 0 Å². The minimum absolute atomic E-state index is 0.128. The SMILES string of the molecule is COC(=O)[C@@]12C(=O)[C@@H](C)C(=O)[C@]1(C)C(C)=C[C@H]1[C@]3(C=O)CC[C@H](OC(C)=O)C(C)(C)[C@H]3CC[C@@]12C. The number of allylic oxidation sites excluding steroid dienone is 2. The Labute approximate surface area is 207 Å². The standard InChI is InChI=1S/C28H38O7/c1-15-13-19-25(6,28(23(33)34-8)22(32)16(2)21(31)26(15,28)7)11-9-18-24(4,5)20(35-17(3)30)10-12-27(18,19)14-29/h13-14,16,18-20H,9-12H2,1-8H3/t16-,18+,19+,20-,25-,26-,27-,28+/m0/s1. The zero-order valence-corrected chi connectivity index (χ0v) is 22.2. The lowest BCUT2D eigenvalue weighted by molar-refractivity contribution is -0.217. The van der Waals surface area contributed by atoms with Gasteiger partial charge in [0.1, 0.15) is 17.8 Å². The van der Waals surface area contributed by atoms with Crippen molar-refractivity contribution >= 4 is 29.8 Å². The number of methoxy groups -OCH3 is 1. The molecule has 35 heavy (non-hydrogen) atoms. The summed E-state index contributed by atoms with van der Waals surface area (Å²) in [4.78, 5) is 66.4. The highest BCUT2D eigenvalue weighted by atomic mass is 16.5. The van der Waals surface area contributed by atoms with Crippen LogP contribution in [0.5, 0.6) is 0 Å². The maximum Gasteiger partial charge on any atom is 0.321 e. The molecule has 192 valence electrons. The van der Waals surface area contributed by atoms with Crippen LogP contribution in [-0.2, 0) is 33.4 Å². The molecule has 4 aliphatic rings. The number of rotatable bonds is 3. The lowest BCUT2D eigenvalue weighted by Gasteiger charge is -2.67. The lowest BCUT2D eigenvalue weighted by Crippen LogP contribution is -2.70. The van der Waals surface area contributed by atoms with E-state index in [-0.39, 0.29) is 23.8 Å². The maximum atomic E-state index is 14.0. The lowest BCUT2D eigenvalue weighted by atomic mass is 9.34. The van der Waals surface area contributed by atoms with Gasteiger partial charge in [0, 0.05) is 17.8 Å². The molecule has 0 N–H and O–H groups in total. The van der Waals surface area contributed by atoms with Gasteiger partial charge in [-0.3, -0.25) is 19.2 Å². The zero-order valence-electron chi connectivity index (χ0n) is 22.2. The van der Waals surface area contributed by atoms with E-state index in [1.807, 2.05) is 26.8 Å². The van der Waals surface area contributed by atoms with Crippen molar-refractivity contribution in [2.75, 3.05) is 7.11 Å². The first kappa shape index (κ1) is 25.8. The second-order valence-electron chi connectivity index (χ2n) is 12.3. The molecule has 0 radical (unpaired) electrons. The molecule has 0 aliphatic heterocycles. The van der Waals surface area contributed by atoms with Crippen molar-refractivity contribution in [2.45, 2.75) is 80.3 Å². The molecule has 0 unspecified atom stereocenters. The molecule has 0 spiro atoms. The third-order valence-corrected chi connectivity index (χ3v) is 10.9. The third kappa shape index (κ3) is 2.65. The smallest absolute Gasteiger partial charge is 0.321 e. The largest absolute Gasteiger partial charge is 0.468 e. The second-order valence-corrected chi connectivity index (χ2v) is 12.3. The molecule has 0 amide bonds. The van der Waals surface area contributed by atoms with E-state index in [1.54, 1.807) is 20.8 Å². The van der Waals surface area contributed by atoms with Crippen LogP contribution in [0.25, 0.3) is 0 Å². The first-order chi connectivity index (χ1) is 16.1. The Balaban J connectivity index is 1.99. The predicted octanol–water partition coefficient (Wildman–Crippen LogP) is 3.87. The maximum absolute atomic E-state index is 14.0. The Hall–Kier alpha value is -2.31. The van der Waals surface area contributed by atoms with Crippen LogP contribution in [0, 0.1) is 44.8 Å². The third-order valence-electron chi connectivity index (χ3n) is 10.9. The van der Waals surface area contributed by atoms with Crippen molar-refractivity contribution in [2.24, 2.45) is 44.8 Å². The summed E-state index contributed by atoms with van der Waals surface area (Å²) in [7, 11) is 1.26. The molecule has 8 atom stereocenters. The second kappa shape index (κ2) is 7.59. The normalized spacial score (nSPS) is 46.0. The molecule has 0 aromatic carbocycles. The van der Waals surface area contributed by atoms with Crippen molar-refractivity contribution in [1.82, 2.24) is 0 Å². The summed E-state index contributed by atoms with van der Waals surface area (Å²) in [5.41, 5.74) is -4.74. The Bertz CT molecular complexity index is 1060. The van der Waals surface area contributed by atoms with E-state index < -0.39 is 50.7 Å². The molecule has 3 saturated carbocycles. The molecule has 4 rings (SSSR count). The Morgan fingerprint density at radius 3 is 2.23 bits per heavy atom. The van der Waals surface area contributed by atoms with Gasteiger partial charge >= 0.3 is 11.9 Å². The topological polar surface area (TPSA) is 104 Å². The summed E-state index contributed by atoms with van der Waals surface area (Å²) >= 11 is 0. The van der Waals surface area contributed by atoms with Crippen molar-refractivity contribution in [3.63, 3.8) is 0 Å². The number of Topliss-reactive ketones (excluding diaryl/α,β-unsaturated/α-hetero) is 2. The molecule has 0 heterocycles. The number of fused-ring (bicyclic) bond motifs is 5. The minimum atomic E-state index is -1.70. The number of aldehydes is 1. The molecule has 0 aromatic heterocycles. The van der Waals surface area contributed by atoms with Gasteiger partial charge in [-0.2, -0.15) is 0 Å². The fraction of sp³-hybridized carbons (Fsp3) is 0.750. The van der Waals surface area contributed by atoms with E-state index in [9.17, 15) is 24.0 Å². The van der Waals surface area contributed by atoms with E-state index in [4.69, 9.17) is 9.47 Å². The summed E-state index contributed by atoms with van der Waals surface area (Å²) in [6.45, 7) is 12.5. The highest BCUT2D eigenvalue weighted by Crippen LogP contribution is 2.76. The minimum Gasteiger partial charge on any atom is -0.468 e. The Morgan fingerprint density at radius 2 is 1.69 bits per heavy atom. The number of ether oxygens (including phenoxy) is 2. The van der Waals surface area contributed by atoms with Crippen molar-refractivity contribution in [3.8, 4) is 0 Å². The van der Waals surface area contributed by atoms with Gasteiger partial charge in [0.2, 0.25) is 0 Å². The first-order valence-corrected chi connectivity index (χ1v) is 12.6. The molecule has 0 bridgehead atoms. The van der Waals surface area contributed by atoms with Gasteiger partial charge in [0.15, 0.2) is 11.6 Å². The van der Waals surface area contributed by atoms with Crippen LogP contribution in [0.1, 0.15) is 74.1 Å². The fourth-order valence-electron chi connectivity index (χ4n) is 9.19. The van der Waals surface area contributed by atoms with Crippen molar-refractivity contribution < 1.29 is 33.4 Å². The van der Waals surface area contributed by atoms with Crippen LogP contribution >= 0.6 is 0 Å². The molecule has 0 aromatic rings. The van der Waals surface area contributed by atoms with E-state index in [2.05, 4.69) is 0 Å². The van der Waals surface area contributed by atoms with Crippen molar-refractivity contribution in [3.05, 3.63) is 11.6 Å². The van der Waals surface area contributed by atoms with E-state index in [0.29, 0.717) is 31.3 Å². The summed E-state index contributed by atoms with van der Waals surface area (Å²) in [5, 5.41) is 0. The number of hydrogen-bond acceptors (Lipinski definition) is 7. The monoisotopic (exact) mass is 486 g/mol. The molecule has 3 fully saturated rings. The summed E-state index contributed by atoms with van der Waals surface area (Å²) in [6.07, 6.45) is 4.71. The van der Waals surface area contributed by atoms with Gasteiger partial charge in [-0.15, -0.1) is 0 Å².